The number of benzene rings is 2. The molecule has 1 atom stereocenters. The molecular weight excluding hydrogens is 278 g/mol. The molecular formula is C16H16F2O3. The summed E-state index contributed by atoms with van der Waals surface area (Å²) in [5.74, 6) is -0.238. The summed E-state index contributed by atoms with van der Waals surface area (Å²) in [6, 6.07) is 8.15. The molecule has 0 spiro atoms. The number of hydrogen-bond donors (Lipinski definition) is 1. The molecule has 2 aromatic carbocycles. The number of rotatable bonds is 5. The topological polar surface area (TPSA) is 38.7 Å². The molecule has 0 heterocycles. The van der Waals surface area contributed by atoms with Crippen LogP contribution in [0, 0.1) is 11.6 Å². The molecule has 2 aromatic rings. The zero-order valence-corrected chi connectivity index (χ0v) is 11.8. The van der Waals surface area contributed by atoms with Gasteiger partial charge in [0.25, 0.3) is 0 Å². The highest BCUT2D eigenvalue weighted by Crippen LogP contribution is 2.31. The standard InChI is InChI=1S/C16H16F2O3/c1-10(19)11-3-6-15(16(8-11)20-2)21-9-12-7-13(17)4-5-14(12)18/h3-8,10,19H,9H2,1-2H3/t10-/m1/s1. The predicted molar refractivity (Wildman–Crippen MR) is 74.3 cm³/mol. The third-order valence-corrected chi connectivity index (χ3v) is 3.06. The van der Waals surface area contributed by atoms with E-state index in [1.807, 2.05) is 0 Å². The van der Waals surface area contributed by atoms with Crippen LogP contribution in [-0.2, 0) is 6.61 Å². The zero-order valence-electron chi connectivity index (χ0n) is 11.8. The van der Waals surface area contributed by atoms with E-state index in [1.165, 1.54) is 7.11 Å². The second-order valence-corrected chi connectivity index (χ2v) is 4.61. The maximum Gasteiger partial charge on any atom is 0.161 e. The van der Waals surface area contributed by atoms with Gasteiger partial charge in [0.2, 0.25) is 0 Å². The lowest BCUT2D eigenvalue weighted by atomic mass is 10.1. The van der Waals surface area contributed by atoms with E-state index in [2.05, 4.69) is 0 Å². The van der Waals surface area contributed by atoms with Crippen molar-refractivity contribution in [2.24, 2.45) is 0 Å². The van der Waals surface area contributed by atoms with E-state index < -0.39 is 17.7 Å². The Morgan fingerprint density at radius 3 is 2.52 bits per heavy atom. The third-order valence-electron chi connectivity index (χ3n) is 3.06. The highest BCUT2D eigenvalue weighted by molar-refractivity contribution is 5.43. The number of methoxy groups -OCH3 is 1. The Morgan fingerprint density at radius 2 is 1.86 bits per heavy atom. The molecule has 0 amide bonds. The van der Waals surface area contributed by atoms with E-state index in [-0.39, 0.29) is 12.2 Å². The van der Waals surface area contributed by atoms with Gasteiger partial charge < -0.3 is 14.6 Å². The largest absolute Gasteiger partial charge is 0.493 e. The van der Waals surface area contributed by atoms with Gasteiger partial charge in [0.1, 0.15) is 18.2 Å². The molecule has 0 saturated carbocycles. The number of halogens is 2. The molecule has 21 heavy (non-hydrogen) atoms. The monoisotopic (exact) mass is 294 g/mol. The van der Waals surface area contributed by atoms with Gasteiger partial charge in [-0.15, -0.1) is 0 Å². The number of aliphatic hydroxyl groups excluding tert-OH is 1. The van der Waals surface area contributed by atoms with Crippen molar-refractivity contribution >= 4 is 0 Å². The van der Waals surface area contributed by atoms with Crippen LogP contribution in [0.2, 0.25) is 0 Å². The number of hydrogen-bond acceptors (Lipinski definition) is 3. The van der Waals surface area contributed by atoms with Crippen LogP contribution in [-0.4, -0.2) is 12.2 Å². The lowest BCUT2D eigenvalue weighted by molar-refractivity contribution is 0.198. The highest BCUT2D eigenvalue weighted by Gasteiger charge is 2.10. The molecule has 0 saturated heterocycles. The molecule has 0 fully saturated rings. The fourth-order valence-electron chi connectivity index (χ4n) is 1.87. The molecule has 112 valence electrons. The fourth-order valence-corrected chi connectivity index (χ4v) is 1.87. The van der Waals surface area contributed by atoms with Crippen molar-refractivity contribution in [1.29, 1.82) is 0 Å². The SMILES string of the molecule is COc1cc([C@@H](C)O)ccc1OCc1cc(F)ccc1F. The van der Waals surface area contributed by atoms with Crippen LogP contribution in [0.5, 0.6) is 11.5 Å². The van der Waals surface area contributed by atoms with Crippen molar-refractivity contribution in [2.45, 2.75) is 19.6 Å². The molecule has 0 radical (unpaired) electrons. The Labute approximate surface area is 121 Å². The average molecular weight is 294 g/mol. The second-order valence-electron chi connectivity index (χ2n) is 4.61. The van der Waals surface area contributed by atoms with Crippen molar-refractivity contribution in [3.8, 4) is 11.5 Å². The van der Waals surface area contributed by atoms with Crippen LogP contribution in [0.3, 0.4) is 0 Å². The first-order valence-corrected chi connectivity index (χ1v) is 6.44. The van der Waals surface area contributed by atoms with Crippen molar-refractivity contribution in [1.82, 2.24) is 0 Å². The summed E-state index contributed by atoms with van der Waals surface area (Å²) in [5, 5.41) is 9.52. The van der Waals surface area contributed by atoms with E-state index in [9.17, 15) is 13.9 Å². The van der Waals surface area contributed by atoms with Gasteiger partial charge in [0.05, 0.1) is 13.2 Å². The Morgan fingerprint density at radius 1 is 1.10 bits per heavy atom. The van der Waals surface area contributed by atoms with Crippen molar-refractivity contribution in [2.75, 3.05) is 7.11 Å². The van der Waals surface area contributed by atoms with Gasteiger partial charge in [-0.3, -0.25) is 0 Å². The van der Waals surface area contributed by atoms with Crippen molar-refractivity contribution < 1.29 is 23.4 Å². The molecule has 3 nitrogen and oxygen atoms in total. The molecule has 0 aliphatic heterocycles. The molecule has 0 aliphatic rings. The minimum absolute atomic E-state index is 0.117. The van der Waals surface area contributed by atoms with Gasteiger partial charge in [-0.2, -0.15) is 0 Å². The molecule has 0 unspecified atom stereocenters. The quantitative estimate of drug-likeness (QED) is 0.915. The average Bonchev–Trinajstić information content (AvgIpc) is 2.47. The van der Waals surface area contributed by atoms with E-state index in [0.717, 1.165) is 18.2 Å². The minimum Gasteiger partial charge on any atom is -0.493 e. The normalized spacial score (nSPS) is 12.0. The maximum absolute atomic E-state index is 13.5. The summed E-state index contributed by atoms with van der Waals surface area (Å²) < 4.78 is 37.2. The van der Waals surface area contributed by atoms with E-state index >= 15 is 0 Å². The van der Waals surface area contributed by atoms with Gasteiger partial charge in [-0.25, -0.2) is 8.78 Å². The van der Waals surface area contributed by atoms with Gasteiger partial charge in [-0.05, 0) is 42.8 Å². The summed E-state index contributed by atoms with van der Waals surface area (Å²) in [6.07, 6.45) is -0.631. The first-order chi connectivity index (χ1) is 10.0. The Balaban J connectivity index is 2.18. The first-order valence-electron chi connectivity index (χ1n) is 6.44. The summed E-state index contributed by atoms with van der Waals surface area (Å²) in [4.78, 5) is 0. The van der Waals surface area contributed by atoms with Crippen LogP contribution in [0.25, 0.3) is 0 Å². The van der Waals surface area contributed by atoms with E-state index in [1.54, 1.807) is 25.1 Å². The number of aliphatic hydroxyl groups is 1. The molecule has 2 rings (SSSR count). The van der Waals surface area contributed by atoms with E-state index in [4.69, 9.17) is 9.47 Å². The molecule has 0 aliphatic carbocycles. The Kier molecular flexibility index (Phi) is 4.75. The zero-order chi connectivity index (χ0) is 15.4. The smallest absolute Gasteiger partial charge is 0.161 e. The summed E-state index contributed by atoms with van der Waals surface area (Å²) in [5.41, 5.74) is 0.799. The minimum atomic E-state index is -0.631. The first kappa shape index (κ1) is 15.3. The van der Waals surface area contributed by atoms with Crippen molar-refractivity contribution in [3.63, 3.8) is 0 Å². The highest BCUT2D eigenvalue weighted by atomic mass is 19.1. The van der Waals surface area contributed by atoms with Gasteiger partial charge in [0, 0.05) is 5.56 Å². The summed E-state index contributed by atoms with van der Waals surface area (Å²) in [6.45, 7) is 1.52. The third kappa shape index (κ3) is 3.70. The molecule has 5 heteroatoms. The van der Waals surface area contributed by atoms with Gasteiger partial charge in [-0.1, -0.05) is 6.07 Å². The van der Waals surface area contributed by atoms with Crippen LogP contribution in [0.4, 0.5) is 8.78 Å². The fraction of sp³-hybridized carbons (Fsp3) is 0.250. The maximum atomic E-state index is 13.5. The molecule has 0 aromatic heterocycles. The Bertz CT molecular complexity index is 627. The summed E-state index contributed by atoms with van der Waals surface area (Å²) in [7, 11) is 1.47. The Hall–Kier alpha value is -2.14. The number of ether oxygens (including phenoxy) is 2. The van der Waals surface area contributed by atoms with E-state index in [0.29, 0.717) is 17.1 Å². The summed E-state index contributed by atoms with van der Waals surface area (Å²) >= 11 is 0. The lowest BCUT2D eigenvalue weighted by Crippen LogP contribution is -2.01. The van der Waals surface area contributed by atoms with Crippen molar-refractivity contribution in [3.05, 3.63) is 59.2 Å². The van der Waals surface area contributed by atoms with Crippen LogP contribution in [0.15, 0.2) is 36.4 Å². The second kappa shape index (κ2) is 6.54. The van der Waals surface area contributed by atoms with Gasteiger partial charge >= 0.3 is 0 Å². The van der Waals surface area contributed by atoms with Crippen LogP contribution >= 0.6 is 0 Å². The molecule has 0 bridgehead atoms. The van der Waals surface area contributed by atoms with Gasteiger partial charge in [0.15, 0.2) is 11.5 Å². The van der Waals surface area contributed by atoms with Crippen LogP contribution in [0.1, 0.15) is 24.2 Å². The predicted octanol–water partition coefficient (Wildman–Crippen LogP) is 3.61. The molecule has 1 N–H and O–H groups in total. The van der Waals surface area contributed by atoms with Crippen LogP contribution < -0.4 is 9.47 Å². The lowest BCUT2D eigenvalue weighted by Gasteiger charge is -2.13.